The van der Waals surface area contributed by atoms with Crippen LogP contribution in [0.3, 0.4) is 0 Å². The molecule has 4 nitrogen and oxygen atoms in total. The molecule has 0 fully saturated rings. The number of carbonyl (C=O) groups excluding carboxylic acids is 1. The Morgan fingerprint density at radius 3 is 2.56 bits per heavy atom. The van der Waals surface area contributed by atoms with Crippen molar-refractivity contribution in [2.24, 2.45) is 11.3 Å². The van der Waals surface area contributed by atoms with Crippen LogP contribution in [0, 0.1) is 11.3 Å². The minimum Gasteiger partial charge on any atom is -0.449 e. The predicted octanol–water partition coefficient (Wildman–Crippen LogP) is 2.17. The molecule has 0 radical (unpaired) electrons. The topological polar surface area (TPSA) is 58.6 Å². The fourth-order valence-electron chi connectivity index (χ4n) is 1.25. The zero-order valence-corrected chi connectivity index (χ0v) is 10.9. The van der Waals surface area contributed by atoms with E-state index in [1.165, 1.54) is 0 Å². The molecular weight excluding hydrogens is 206 g/mol. The van der Waals surface area contributed by atoms with E-state index in [4.69, 9.17) is 9.84 Å². The number of aliphatic hydroxyl groups excluding tert-OH is 1. The first-order valence-electron chi connectivity index (χ1n) is 5.89. The highest BCUT2D eigenvalue weighted by Gasteiger charge is 2.18. The van der Waals surface area contributed by atoms with E-state index in [9.17, 15) is 4.79 Å². The predicted molar refractivity (Wildman–Crippen MR) is 64.3 cm³/mol. The van der Waals surface area contributed by atoms with Crippen molar-refractivity contribution in [2.45, 2.75) is 40.5 Å². The summed E-state index contributed by atoms with van der Waals surface area (Å²) in [5.74, 6) is 0.355. The quantitative estimate of drug-likeness (QED) is 0.706. The molecule has 0 heterocycles. The van der Waals surface area contributed by atoms with Gasteiger partial charge >= 0.3 is 6.09 Å². The smallest absolute Gasteiger partial charge is 0.407 e. The van der Waals surface area contributed by atoms with Crippen LogP contribution in [0.4, 0.5) is 4.79 Å². The van der Waals surface area contributed by atoms with E-state index in [0.717, 1.165) is 12.8 Å². The van der Waals surface area contributed by atoms with Crippen LogP contribution < -0.4 is 5.32 Å². The standard InChI is InChI=1S/C12H25NO3/c1-10(2)8-16-11(15)13-9-12(3,4)6-5-7-14/h10,14H,5-9H2,1-4H3,(H,13,15). The van der Waals surface area contributed by atoms with Gasteiger partial charge in [-0.3, -0.25) is 0 Å². The Hall–Kier alpha value is -0.770. The molecule has 0 atom stereocenters. The number of alkyl carbamates (subject to hydrolysis) is 1. The van der Waals surface area contributed by atoms with Gasteiger partial charge in [0.25, 0.3) is 0 Å². The van der Waals surface area contributed by atoms with Crippen LogP contribution >= 0.6 is 0 Å². The van der Waals surface area contributed by atoms with Gasteiger partial charge in [0, 0.05) is 13.2 Å². The average Bonchev–Trinajstić information content (AvgIpc) is 2.21. The van der Waals surface area contributed by atoms with Crippen LogP contribution in [-0.2, 0) is 4.74 Å². The van der Waals surface area contributed by atoms with Crippen molar-refractivity contribution >= 4 is 6.09 Å². The van der Waals surface area contributed by atoms with Gasteiger partial charge in [0.05, 0.1) is 6.61 Å². The van der Waals surface area contributed by atoms with Crippen molar-refractivity contribution in [1.29, 1.82) is 0 Å². The Morgan fingerprint density at radius 2 is 2.06 bits per heavy atom. The molecule has 2 N–H and O–H groups in total. The molecular formula is C12H25NO3. The molecule has 0 aliphatic rings. The number of carbonyl (C=O) groups is 1. The highest BCUT2D eigenvalue weighted by molar-refractivity contribution is 5.67. The molecule has 0 saturated carbocycles. The first-order valence-corrected chi connectivity index (χ1v) is 5.89. The number of nitrogens with one attached hydrogen (secondary N) is 1. The molecule has 0 saturated heterocycles. The van der Waals surface area contributed by atoms with Crippen LogP contribution in [0.15, 0.2) is 0 Å². The maximum absolute atomic E-state index is 11.3. The molecule has 0 bridgehead atoms. The van der Waals surface area contributed by atoms with Crippen LogP contribution in [0.2, 0.25) is 0 Å². The molecule has 0 unspecified atom stereocenters. The molecule has 4 heteroatoms. The summed E-state index contributed by atoms with van der Waals surface area (Å²) in [5.41, 5.74) is -0.000416. The number of rotatable bonds is 7. The maximum Gasteiger partial charge on any atom is 0.407 e. The average molecular weight is 231 g/mol. The van der Waals surface area contributed by atoms with Crippen molar-refractivity contribution < 1.29 is 14.6 Å². The second kappa shape index (κ2) is 7.49. The van der Waals surface area contributed by atoms with Crippen molar-refractivity contribution in [3.8, 4) is 0 Å². The minimum absolute atomic E-state index is 0.000416. The Morgan fingerprint density at radius 1 is 1.44 bits per heavy atom. The summed E-state index contributed by atoms with van der Waals surface area (Å²) in [4.78, 5) is 11.3. The molecule has 0 spiro atoms. The molecule has 16 heavy (non-hydrogen) atoms. The van der Waals surface area contributed by atoms with Crippen LogP contribution in [0.25, 0.3) is 0 Å². The van der Waals surface area contributed by atoms with Crippen molar-refractivity contribution in [3.63, 3.8) is 0 Å². The second-order valence-corrected chi connectivity index (χ2v) is 5.34. The van der Waals surface area contributed by atoms with E-state index in [2.05, 4.69) is 19.2 Å². The van der Waals surface area contributed by atoms with Gasteiger partial charge in [0.15, 0.2) is 0 Å². The van der Waals surface area contributed by atoms with Crippen LogP contribution in [0.1, 0.15) is 40.5 Å². The lowest BCUT2D eigenvalue weighted by Gasteiger charge is -2.24. The summed E-state index contributed by atoms with van der Waals surface area (Å²) in [6.07, 6.45) is 1.29. The SMILES string of the molecule is CC(C)COC(=O)NCC(C)(C)CCCO. The number of amides is 1. The highest BCUT2D eigenvalue weighted by atomic mass is 16.5. The third-order valence-corrected chi connectivity index (χ3v) is 2.27. The zero-order chi connectivity index (χ0) is 12.6. The molecule has 0 aromatic heterocycles. The van der Waals surface area contributed by atoms with Gasteiger partial charge in [0.1, 0.15) is 0 Å². The van der Waals surface area contributed by atoms with Crippen molar-refractivity contribution in [1.82, 2.24) is 5.32 Å². The lowest BCUT2D eigenvalue weighted by Crippen LogP contribution is -2.35. The number of hydrogen-bond acceptors (Lipinski definition) is 3. The monoisotopic (exact) mass is 231 g/mol. The Bertz CT molecular complexity index is 202. The third kappa shape index (κ3) is 8.53. The van der Waals surface area contributed by atoms with Crippen LogP contribution in [0.5, 0.6) is 0 Å². The zero-order valence-electron chi connectivity index (χ0n) is 10.9. The molecule has 0 aromatic carbocycles. The van der Waals surface area contributed by atoms with Gasteiger partial charge in [-0.2, -0.15) is 0 Å². The molecule has 0 aliphatic heterocycles. The van der Waals surface area contributed by atoms with E-state index >= 15 is 0 Å². The lowest BCUT2D eigenvalue weighted by molar-refractivity contribution is 0.127. The summed E-state index contributed by atoms with van der Waals surface area (Å²) in [6.45, 7) is 9.34. The van der Waals surface area contributed by atoms with Crippen molar-refractivity contribution in [2.75, 3.05) is 19.8 Å². The number of hydrogen-bond donors (Lipinski definition) is 2. The third-order valence-electron chi connectivity index (χ3n) is 2.27. The molecule has 0 rings (SSSR count). The Kier molecular flexibility index (Phi) is 7.13. The van der Waals surface area contributed by atoms with Gasteiger partial charge < -0.3 is 15.2 Å². The summed E-state index contributed by atoms with van der Waals surface area (Å²) >= 11 is 0. The summed E-state index contributed by atoms with van der Waals surface area (Å²) in [6, 6.07) is 0. The number of ether oxygens (including phenoxy) is 1. The molecule has 1 amide bonds. The van der Waals surface area contributed by atoms with E-state index in [-0.39, 0.29) is 18.1 Å². The minimum atomic E-state index is -0.356. The van der Waals surface area contributed by atoms with Gasteiger partial charge in [-0.15, -0.1) is 0 Å². The Balaban J connectivity index is 3.72. The first-order chi connectivity index (χ1) is 7.37. The molecule has 0 aromatic rings. The molecule has 96 valence electrons. The maximum atomic E-state index is 11.3. The largest absolute Gasteiger partial charge is 0.449 e. The lowest BCUT2D eigenvalue weighted by atomic mass is 9.88. The second-order valence-electron chi connectivity index (χ2n) is 5.34. The van der Waals surface area contributed by atoms with E-state index in [1.54, 1.807) is 0 Å². The summed E-state index contributed by atoms with van der Waals surface area (Å²) in [7, 11) is 0. The first kappa shape index (κ1) is 15.2. The summed E-state index contributed by atoms with van der Waals surface area (Å²) < 4.78 is 5.00. The normalized spacial score (nSPS) is 11.6. The fourth-order valence-corrected chi connectivity index (χ4v) is 1.25. The van der Waals surface area contributed by atoms with Gasteiger partial charge in [-0.1, -0.05) is 27.7 Å². The van der Waals surface area contributed by atoms with E-state index in [0.29, 0.717) is 19.1 Å². The van der Waals surface area contributed by atoms with Gasteiger partial charge in [0.2, 0.25) is 0 Å². The molecule has 0 aliphatic carbocycles. The summed E-state index contributed by atoms with van der Waals surface area (Å²) in [5, 5.41) is 11.5. The van der Waals surface area contributed by atoms with Crippen LogP contribution in [-0.4, -0.2) is 31.0 Å². The fraction of sp³-hybridized carbons (Fsp3) is 0.917. The van der Waals surface area contributed by atoms with Gasteiger partial charge in [-0.05, 0) is 24.2 Å². The highest BCUT2D eigenvalue weighted by Crippen LogP contribution is 2.20. The van der Waals surface area contributed by atoms with E-state index in [1.807, 2.05) is 13.8 Å². The van der Waals surface area contributed by atoms with Gasteiger partial charge in [-0.25, -0.2) is 4.79 Å². The number of aliphatic hydroxyl groups is 1. The van der Waals surface area contributed by atoms with Crippen molar-refractivity contribution in [3.05, 3.63) is 0 Å². The van der Waals surface area contributed by atoms with E-state index < -0.39 is 0 Å². The Labute approximate surface area is 98.4 Å².